The van der Waals surface area contributed by atoms with E-state index >= 15 is 0 Å². The quantitative estimate of drug-likeness (QED) is 0.819. The number of carbonyl (C=O) groups excluding carboxylic acids is 1. The molecule has 2 rings (SSSR count). The first-order chi connectivity index (χ1) is 10.9. The normalized spacial score (nSPS) is 12.4. The highest BCUT2D eigenvalue weighted by atomic mass is 19.1. The topological polar surface area (TPSA) is 41.4 Å². The minimum absolute atomic E-state index is 0.0145. The molecule has 1 aromatic heterocycles. The zero-order chi connectivity index (χ0) is 17.0. The van der Waals surface area contributed by atoms with Crippen LogP contribution in [0.25, 0.3) is 0 Å². The second-order valence-electron chi connectivity index (χ2n) is 5.85. The molecule has 1 atom stereocenters. The van der Waals surface area contributed by atoms with Gasteiger partial charge in [0.05, 0.1) is 0 Å². The highest BCUT2D eigenvalue weighted by Gasteiger charge is 2.25. The van der Waals surface area contributed by atoms with Crippen LogP contribution in [0.3, 0.4) is 0 Å². The summed E-state index contributed by atoms with van der Waals surface area (Å²) in [6.07, 6.45) is 3.65. The van der Waals surface area contributed by atoms with Gasteiger partial charge < -0.3 is 9.47 Å². The Morgan fingerprint density at radius 3 is 2.43 bits per heavy atom. The third-order valence-corrected chi connectivity index (χ3v) is 3.91. The van der Waals surface area contributed by atoms with Crippen LogP contribution in [0.2, 0.25) is 0 Å². The molecule has 23 heavy (non-hydrogen) atoms. The molecule has 0 saturated heterocycles. The first-order valence-electron chi connectivity index (χ1n) is 7.54. The Balaban J connectivity index is 2.08. The van der Waals surface area contributed by atoms with Gasteiger partial charge in [-0.3, -0.25) is 9.69 Å². The number of likely N-dealkylation sites (N-methyl/N-ethyl adjacent to an activating group) is 2. The van der Waals surface area contributed by atoms with E-state index in [1.165, 1.54) is 12.1 Å². The molecule has 1 amide bonds. The van der Waals surface area contributed by atoms with Gasteiger partial charge in [0.2, 0.25) is 5.91 Å². The van der Waals surface area contributed by atoms with E-state index in [0.717, 1.165) is 11.4 Å². The van der Waals surface area contributed by atoms with Crippen molar-refractivity contribution in [2.75, 3.05) is 27.7 Å². The lowest BCUT2D eigenvalue weighted by Crippen LogP contribution is -2.39. The van der Waals surface area contributed by atoms with Gasteiger partial charge in [-0.25, -0.2) is 9.37 Å². The van der Waals surface area contributed by atoms with Gasteiger partial charge in [-0.05, 0) is 38.7 Å². The molecule has 0 fully saturated rings. The van der Waals surface area contributed by atoms with Gasteiger partial charge in [-0.15, -0.1) is 0 Å². The number of rotatable bonds is 6. The molecule has 0 saturated carbocycles. The average molecular weight is 318 g/mol. The summed E-state index contributed by atoms with van der Waals surface area (Å²) in [6, 6.07) is 5.66. The fourth-order valence-corrected chi connectivity index (χ4v) is 2.52. The zero-order valence-corrected chi connectivity index (χ0v) is 14.0. The summed E-state index contributed by atoms with van der Waals surface area (Å²) >= 11 is 0. The summed E-state index contributed by atoms with van der Waals surface area (Å²) < 4.78 is 15.1. The van der Waals surface area contributed by atoms with Gasteiger partial charge in [-0.2, -0.15) is 0 Å². The van der Waals surface area contributed by atoms with E-state index in [1.54, 1.807) is 30.3 Å². The molecule has 2 aromatic rings. The van der Waals surface area contributed by atoms with Gasteiger partial charge in [0, 0.05) is 32.5 Å². The predicted octanol–water partition coefficient (Wildman–Crippen LogP) is 2.09. The summed E-state index contributed by atoms with van der Waals surface area (Å²) in [5.74, 6) is 0.607. The Bertz CT molecular complexity index is 651. The first kappa shape index (κ1) is 17.1. The van der Waals surface area contributed by atoms with Crippen molar-refractivity contribution >= 4 is 5.91 Å². The average Bonchev–Trinajstić information content (AvgIpc) is 2.92. The molecule has 0 aliphatic carbocycles. The van der Waals surface area contributed by atoms with Crippen molar-refractivity contribution in [1.82, 2.24) is 19.4 Å². The van der Waals surface area contributed by atoms with Gasteiger partial charge in [0.15, 0.2) is 0 Å². The summed E-state index contributed by atoms with van der Waals surface area (Å²) in [5, 5.41) is 0. The standard InChI is InChI=1S/C17H23FN4O/c1-13-19-9-10-22(13)12-11-21(4)17(23)16(20(2)3)14-5-7-15(18)8-6-14/h5-10,16H,11-12H2,1-4H3. The van der Waals surface area contributed by atoms with Gasteiger partial charge in [-0.1, -0.05) is 12.1 Å². The molecule has 6 heteroatoms. The Labute approximate surface area is 136 Å². The summed E-state index contributed by atoms with van der Waals surface area (Å²) in [5.41, 5.74) is 0.784. The number of carbonyl (C=O) groups is 1. The van der Waals surface area contributed by atoms with Gasteiger partial charge in [0.1, 0.15) is 17.7 Å². The SMILES string of the molecule is Cc1nccn1CCN(C)C(=O)C(c1ccc(F)cc1)N(C)C. The smallest absolute Gasteiger partial charge is 0.244 e. The largest absolute Gasteiger partial charge is 0.342 e. The molecule has 0 bridgehead atoms. The highest BCUT2D eigenvalue weighted by Crippen LogP contribution is 2.21. The van der Waals surface area contributed by atoms with Crippen molar-refractivity contribution in [2.24, 2.45) is 0 Å². The number of benzene rings is 1. The number of halogens is 1. The maximum atomic E-state index is 13.1. The van der Waals surface area contributed by atoms with Gasteiger partial charge >= 0.3 is 0 Å². The third kappa shape index (κ3) is 4.16. The molecule has 0 aliphatic rings. The van der Waals surface area contributed by atoms with Crippen molar-refractivity contribution in [1.29, 1.82) is 0 Å². The van der Waals surface area contributed by atoms with E-state index in [2.05, 4.69) is 4.98 Å². The second-order valence-corrected chi connectivity index (χ2v) is 5.85. The number of aryl methyl sites for hydroxylation is 1. The molecular weight excluding hydrogens is 295 g/mol. The van der Waals surface area contributed by atoms with Crippen LogP contribution in [-0.2, 0) is 11.3 Å². The summed E-state index contributed by atoms with van der Waals surface area (Å²) in [6.45, 7) is 3.21. The third-order valence-electron chi connectivity index (χ3n) is 3.91. The first-order valence-corrected chi connectivity index (χ1v) is 7.54. The van der Waals surface area contributed by atoms with Crippen LogP contribution in [-0.4, -0.2) is 52.9 Å². The van der Waals surface area contributed by atoms with Crippen molar-refractivity contribution in [3.63, 3.8) is 0 Å². The lowest BCUT2D eigenvalue weighted by Gasteiger charge is -2.28. The molecule has 0 N–H and O–H groups in total. The van der Waals surface area contributed by atoms with Crippen LogP contribution in [0.5, 0.6) is 0 Å². The second kappa shape index (κ2) is 7.37. The monoisotopic (exact) mass is 318 g/mol. The summed E-state index contributed by atoms with van der Waals surface area (Å²) in [4.78, 5) is 20.5. The van der Waals surface area contributed by atoms with E-state index in [0.29, 0.717) is 13.1 Å². The van der Waals surface area contributed by atoms with Crippen molar-refractivity contribution in [2.45, 2.75) is 19.5 Å². The number of imidazole rings is 1. The Morgan fingerprint density at radius 2 is 1.91 bits per heavy atom. The van der Waals surface area contributed by atoms with E-state index in [4.69, 9.17) is 0 Å². The van der Waals surface area contributed by atoms with Crippen LogP contribution in [0.1, 0.15) is 17.4 Å². The fourth-order valence-electron chi connectivity index (χ4n) is 2.52. The molecule has 1 unspecified atom stereocenters. The molecule has 0 aliphatic heterocycles. The number of hydrogen-bond donors (Lipinski definition) is 0. The molecule has 124 valence electrons. The fraction of sp³-hybridized carbons (Fsp3) is 0.412. The number of amides is 1. The molecule has 5 nitrogen and oxygen atoms in total. The molecule has 0 spiro atoms. The lowest BCUT2D eigenvalue weighted by molar-refractivity contribution is -0.135. The zero-order valence-electron chi connectivity index (χ0n) is 14.0. The predicted molar refractivity (Wildman–Crippen MR) is 87.4 cm³/mol. The molecular formula is C17H23FN4O. The maximum absolute atomic E-state index is 13.1. The van der Waals surface area contributed by atoms with Crippen LogP contribution in [0, 0.1) is 12.7 Å². The van der Waals surface area contributed by atoms with E-state index in [1.807, 2.05) is 36.7 Å². The Morgan fingerprint density at radius 1 is 1.26 bits per heavy atom. The van der Waals surface area contributed by atoms with Crippen LogP contribution >= 0.6 is 0 Å². The van der Waals surface area contributed by atoms with Gasteiger partial charge in [0.25, 0.3) is 0 Å². The molecule has 1 heterocycles. The lowest BCUT2D eigenvalue weighted by atomic mass is 10.0. The van der Waals surface area contributed by atoms with Crippen molar-refractivity contribution in [3.8, 4) is 0 Å². The van der Waals surface area contributed by atoms with Crippen LogP contribution < -0.4 is 0 Å². The van der Waals surface area contributed by atoms with Crippen LogP contribution in [0.4, 0.5) is 4.39 Å². The summed E-state index contributed by atoms with van der Waals surface area (Å²) in [7, 11) is 5.48. The Kier molecular flexibility index (Phi) is 5.50. The number of hydrogen-bond acceptors (Lipinski definition) is 3. The highest BCUT2D eigenvalue weighted by molar-refractivity contribution is 5.83. The van der Waals surface area contributed by atoms with Crippen molar-refractivity contribution in [3.05, 3.63) is 53.9 Å². The van der Waals surface area contributed by atoms with Crippen LogP contribution in [0.15, 0.2) is 36.7 Å². The number of aromatic nitrogens is 2. The maximum Gasteiger partial charge on any atom is 0.244 e. The van der Waals surface area contributed by atoms with Crippen molar-refractivity contribution < 1.29 is 9.18 Å². The molecule has 1 aromatic carbocycles. The molecule has 0 radical (unpaired) electrons. The minimum Gasteiger partial charge on any atom is -0.342 e. The van der Waals surface area contributed by atoms with E-state index in [-0.39, 0.29) is 11.7 Å². The van der Waals surface area contributed by atoms with E-state index < -0.39 is 6.04 Å². The van der Waals surface area contributed by atoms with E-state index in [9.17, 15) is 9.18 Å². The number of nitrogens with zero attached hydrogens (tertiary/aromatic N) is 4. The Hall–Kier alpha value is -2.21. The minimum atomic E-state index is -0.426.